The van der Waals surface area contributed by atoms with E-state index in [1.165, 1.54) is 25.7 Å². The van der Waals surface area contributed by atoms with Crippen LogP contribution in [0.3, 0.4) is 0 Å². The van der Waals surface area contributed by atoms with Crippen molar-refractivity contribution in [2.45, 2.75) is 58.7 Å². The van der Waals surface area contributed by atoms with Gasteiger partial charge < -0.3 is 10.3 Å². The minimum Gasteiger partial charge on any atom is -0.338 e. The van der Waals surface area contributed by atoms with E-state index < -0.39 is 0 Å². The highest BCUT2D eigenvalue weighted by Gasteiger charge is 2.24. The molecule has 1 unspecified atom stereocenters. The van der Waals surface area contributed by atoms with E-state index in [0.29, 0.717) is 18.5 Å². The first-order valence-corrected chi connectivity index (χ1v) is 6.94. The molecule has 0 amide bonds. The fourth-order valence-corrected chi connectivity index (χ4v) is 2.70. The van der Waals surface area contributed by atoms with Gasteiger partial charge in [-0.25, -0.2) is 0 Å². The second-order valence-electron chi connectivity index (χ2n) is 5.56. The highest BCUT2D eigenvalue weighted by atomic mass is 16.5. The Kier molecular flexibility index (Phi) is 4.72. The van der Waals surface area contributed by atoms with Crippen molar-refractivity contribution in [2.24, 2.45) is 11.7 Å². The Balaban J connectivity index is 1.96. The lowest BCUT2D eigenvalue weighted by Crippen LogP contribution is -2.39. The van der Waals surface area contributed by atoms with Crippen LogP contribution in [0.5, 0.6) is 0 Å². The molecule has 2 rings (SSSR count). The number of hydrogen-bond acceptors (Lipinski definition) is 5. The third-order valence-electron chi connectivity index (χ3n) is 3.52. The van der Waals surface area contributed by atoms with Gasteiger partial charge in [-0.15, -0.1) is 0 Å². The summed E-state index contributed by atoms with van der Waals surface area (Å²) in [4.78, 5) is 6.79. The lowest BCUT2D eigenvalue weighted by molar-refractivity contribution is 0.117. The fraction of sp³-hybridized carbons (Fsp3) is 0.846. The molecule has 2 heterocycles. The van der Waals surface area contributed by atoms with Crippen molar-refractivity contribution in [3.63, 3.8) is 0 Å². The Hall–Kier alpha value is -0.940. The molecule has 0 aromatic carbocycles. The first kappa shape index (κ1) is 13.5. The van der Waals surface area contributed by atoms with Crippen molar-refractivity contribution >= 4 is 0 Å². The van der Waals surface area contributed by atoms with Crippen molar-refractivity contribution in [1.82, 2.24) is 15.0 Å². The third kappa shape index (κ3) is 3.53. The van der Waals surface area contributed by atoms with Gasteiger partial charge >= 0.3 is 0 Å². The molecule has 1 fully saturated rings. The van der Waals surface area contributed by atoms with E-state index in [0.717, 1.165) is 24.8 Å². The predicted molar refractivity (Wildman–Crippen MR) is 69.7 cm³/mol. The maximum Gasteiger partial charge on any atom is 0.240 e. The molecule has 0 radical (unpaired) electrons. The zero-order valence-corrected chi connectivity index (χ0v) is 11.4. The van der Waals surface area contributed by atoms with Gasteiger partial charge in [-0.1, -0.05) is 25.4 Å². The first-order chi connectivity index (χ1) is 8.69. The molecule has 1 atom stereocenters. The maximum absolute atomic E-state index is 5.48. The van der Waals surface area contributed by atoms with Crippen LogP contribution >= 0.6 is 0 Å². The van der Waals surface area contributed by atoms with Gasteiger partial charge in [0.05, 0.1) is 13.1 Å². The number of hydrogen-bond donors (Lipinski definition) is 1. The van der Waals surface area contributed by atoms with Crippen LogP contribution in [0, 0.1) is 5.92 Å². The number of likely N-dealkylation sites (tertiary alicyclic amines) is 1. The minimum atomic E-state index is 0.322. The maximum atomic E-state index is 5.48. The van der Waals surface area contributed by atoms with Crippen LogP contribution < -0.4 is 5.73 Å². The van der Waals surface area contributed by atoms with Gasteiger partial charge in [0.25, 0.3) is 0 Å². The van der Waals surface area contributed by atoms with Gasteiger partial charge in [-0.3, -0.25) is 4.90 Å². The van der Waals surface area contributed by atoms with Crippen LogP contribution in [0.25, 0.3) is 0 Å². The van der Waals surface area contributed by atoms with Crippen molar-refractivity contribution in [2.75, 3.05) is 6.54 Å². The summed E-state index contributed by atoms with van der Waals surface area (Å²) in [5.74, 6) is 2.04. The molecule has 0 spiro atoms. The van der Waals surface area contributed by atoms with E-state index in [1.807, 2.05) is 0 Å². The molecule has 1 aliphatic heterocycles. The van der Waals surface area contributed by atoms with Crippen LogP contribution in [-0.4, -0.2) is 27.6 Å². The van der Waals surface area contributed by atoms with Crippen LogP contribution in [0.4, 0.5) is 0 Å². The second kappa shape index (κ2) is 6.29. The summed E-state index contributed by atoms with van der Waals surface area (Å²) in [5.41, 5.74) is 5.48. The van der Waals surface area contributed by atoms with Crippen LogP contribution in [0.15, 0.2) is 4.52 Å². The standard InChI is InChI=1S/C13H24N4O/c1-10(2)7-11-5-3-4-6-17(11)9-12-15-13(8-14)18-16-12/h10-11H,3-9,14H2,1-2H3. The smallest absolute Gasteiger partial charge is 0.240 e. The van der Waals surface area contributed by atoms with Gasteiger partial charge in [0.1, 0.15) is 0 Å². The molecular formula is C13H24N4O. The molecule has 1 aliphatic rings. The van der Waals surface area contributed by atoms with Crippen LogP contribution in [-0.2, 0) is 13.1 Å². The zero-order chi connectivity index (χ0) is 13.0. The van der Waals surface area contributed by atoms with Crippen LogP contribution in [0.2, 0.25) is 0 Å². The number of nitrogens with zero attached hydrogens (tertiary/aromatic N) is 3. The van der Waals surface area contributed by atoms with E-state index in [9.17, 15) is 0 Å². The predicted octanol–water partition coefficient (Wildman–Crippen LogP) is 1.93. The summed E-state index contributed by atoms with van der Waals surface area (Å²) in [5, 5.41) is 3.99. The van der Waals surface area contributed by atoms with Gasteiger partial charge in [0.2, 0.25) is 5.89 Å². The monoisotopic (exact) mass is 252 g/mol. The molecule has 5 heteroatoms. The fourth-order valence-electron chi connectivity index (χ4n) is 2.70. The minimum absolute atomic E-state index is 0.322. The van der Waals surface area contributed by atoms with E-state index in [1.54, 1.807) is 0 Å². The van der Waals surface area contributed by atoms with Crippen molar-refractivity contribution < 1.29 is 4.52 Å². The van der Waals surface area contributed by atoms with E-state index >= 15 is 0 Å². The Bertz CT molecular complexity index is 364. The molecule has 1 aromatic heterocycles. The summed E-state index contributed by atoms with van der Waals surface area (Å²) < 4.78 is 5.06. The number of piperidine rings is 1. The highest BCUT2D eigenvalue weighted by molar-refractivity contribution is 4.88. The molecule has 18 heavy (non-hydrogen) atoms. The van der Waals surface area contributed by atoms with Crippen molar-refractivity contribution in [3.05, 3.63) is 11.7 Å². The second-order valence-corrected chi connectivity index (χ2v) is 5.56. The quantitative estimate of drug-likeness (QED) is 0.867. The Labute approximate surface area is 109 Å². The lowest BCUT2D eigenvalue weighted by atomic mass is 9.94. The topological polar surface area (TPSA) is 68.2 Å². The first-order valence-electron chi connectivity index (χ1n) is 6.94. The van der Waals surface area contributed by atoms with Crippen LogP contribution in [0.1, 0.15) is 51.2 Å². The lowest BCUT2D eigenvalue weighted by Gasteiger charge is -2.35. The molecule has 102 valence electrons. The van der Waals surface area contributed by atoms with Gasteiger partial charge in [0, 0.05) is 6.04 Å². The Morgan fingerprint density at radius 3 is 2.94 bits per heavy atom. The van der Waals surface area contributed by atoms with Gasteiger partial charge in [-0.05, 0) is 31.7 Å². The van der Waals surface area contributed by atoms with Gasteiger partial charge in [0.15, 0.2) is 5.82 Å². The number of aromatic nitrogens is 2. The van der Waals surface area contributed by atoms with E-state index in [4.69, 9.17) is 10.3 Å². The summed E-state index contributed by atoms with van der Waals surface area (Å²) >= 11 is 0. The third-order valence-corrected chi connectivity index (χ3v) is 3.52. The molecule has 2 N–H and O–H groups in total. The molecule has 1 saturated heterocycles. The SMILES string of the molecule is CC(C)CC1CCCCN1Cc1noc(CN)n1. The Morgan fingerprint density at radius 2 is 2.28 bits per heavy atom. The number of rotatable bonds is 5. The summed E-state index contributed by atoms with van der Waals surface area (Å²) in [6, 6.07) is 0.665. The van der Waals surface area contributed by atoms with Gasteiger partial charge in [-0.2, -0.15) is 4.98 Å². The molecule has 0 bridgehead atoms. The summed E-state index contributed by atoms with van der Waals surface area (Å²) in [7, 11) is 0. The van der Waals surface area contributed by atoms with Crippen molar-refractivity contribution in [1.29, 1.82) is 0 Å². The average molecular weight is 252 g/mol. The van der Waals surface area contributed by atoms with E-state index in [-0.39, 0.29) is 0 Å². The Morgan fingerprint density at radius 1 is 1.44 bits per heavy atom. The normalized spacial score (nSPS) is 21.7. The molecule has 0 aliphatic carbocycles. The molecular weight excluding hydrogens is 228 g/mol. The molecule has 5 nitrogen and oxygen atoms in total. The summed E-state index contributed by atoms with van der Waals surface area (Å²) in [6.07, 6.45) is 5.16. The van der Waals surface area contributed by atoms with E-state index in [2.05, 4.69) is 28.9 Å². The molecule has 1 aromatic rings. The largest absolute Gasteiger partial charge is 0.338 e. The molecule has 0 saturated carbocycles. The highest BCUT2D eigenvalue weighted by Crippen LogP contribution is 2.23. The zero-order valence-electron chi connectivity index (χ0n) is 11.4. The van der Waals surface area contributed by atoms with Crippen molar-refractivity contribution in [3.8, 4) is 0 Å². The summed E-state index contributed by atoms with van der Waals surface area (Å²) in [6.45, 7) is 6.83. The average Bonchev–Trinajstić information content (AvgIpc) is 2.79. The number of nitrogens with two attached hydrogens (primary N) is 1.